The van der Waals surface area contributed by atoms with Crippen LogP contribution in [0.25, 0.3) is 0 Å². The third-order valence-electron chi connectivity index (χ3n) is 3.28. The van der Waals surface area contributed by atoms with E-state index < -0.39 is 0 Å². The number of H-pyrrole nitrogens is 1. The lowest BCUT2D eigenvalue weighted by Gasteiger charge is -2.36. The van der Waals surface area contributed by atoms with Crippen LogP contribution < -0.4 is 5.32 Å². The lowest BCUT2D eigenvalue weighted by molar-refractivity contribution is -0.0366. The standard InChI is InChI=1S/C11H15N3O2/c15-11(8-2-1-3-13-8)14-4-5-16-10-7-12-6-9(10)14/h1-3,9-10,12-13H,4-7H2/t9-,10+/m0/s1. The second kappa shape index (κ2) is 3.92. The Balaban J connectivity index is 1.80. The molecule has 0 aliphatic carbocycles. The van der Waals surface area contributed by atoms with Gasteiger partial charge in [0.25, 0.3) is 5.91 Å². The summed E-state index contributed by atoms with van der Waals surface area (Å²) in [7, 11) is 0. The first-order valence-corrected chi connectivity index (χ1v) is 5.63. The van der Waals surface area contributed by atoms with Gasteiger partial charge in [0, 0.05) is 25.8 Å². The summed E-state index contributed by atoms with van der Waals surface area (Å²) < 4.78 is 5.63. The van der Waals surface area contributed by atoms with E-state index in [-0.39, 0.29) is 18.1 Å². The molecule has 0 unspecified atom stereocenters. The summed E-state index contributed by atoms with van der Waals surface area (Å²) in [6.45, 7) is 2.99. The smallest absolute Gasteiger partial charge is 0.270 e. The summed E-state index contributed by atoms with van der Waals surface area (Å²) >= 11 is 0. The number of aromatic amines is 1. The highest BCUT2D eigenvalue weighted by molar-refractivity contribution is 5.92. The number of carbonyl (C=O) groups excluding carboxylic acids is 1. The highest BCUT2D eigenvalue weighted by atomic mass is 16.5. The molecular formula is C11H15N3O2. The molecule has 0 saturated carbocycles. The largest absolute Gasteiger partial charge is 0.373 e. The second-order valence-corrected chi connectivity index (χ2v) is 4.22. The van der Waals surface area contributed by atoms with Crippen LogP contribution in [0.2, 0.25) is 0 Å². The van der Waals surface area contributed by atoms with E-state index in [1.54, 1.807) is 6.20 Å². The van der Waals surface area contributed by atoms with Gasteiger partial charge in [0.15, 0.2) is 0 Å². The second-order valence-electron chi connectivity index (χ2n) is 4.22. The zero-order valence-electron chi connectivity index (χ0n) is 8.98. The minimum absolute atomic E-state index is 0.0759. The van der Waals surface area contributed by atoms with E-state index in [0.717, 1.165) is 13.1 Å². The van der Waals surface area contributed by atoms with E-state index >= 15 is 0 Å². The fourth-order valence-corrected chi connectivity index (χ4v) is 2.46. The molecule has 0 aromatic carbocycles. The van der Waals surface area contributed by atoms with Crippen molar-refractivity contribution in [3.05, 3.63) is 24.0 Å². The van der Waals surface area contributed by atoms with Gasteiger partial charge in [0.2, 0.25) is 0 Å². The van der Waals surface area contributed by atoms with Gasteiger partial charge in [-0.2, -0.15) is 0 Å². The summed E-state index contributed by atoms with van der Waals surface area (Å²) in [6, 6.07) is 3.84. The van der Waals surface area contributed by atoms with Crippen molar-refractivity contribution in [1.29, 1.82) is 0 Å². The topological polar surface area (TPSA) is 57.4 Å². The number of fused-ring (bicyclic) bond motifs is 1. The first-order chi connectivity index (χ1) is 7.86. The molecule has 0 spiro atoms. The summed E-state index contributed by atoms with van der Waals surface area (Å²) in [5, 5.41) is 3.27. The van der Waals surface area contributed by atoms with E-state index in [4.69, 9.17) is 4.74 Å². The van der Waals surface area contributed by atoms with Crippen LogP contribution in [0.5, 0.6) is 0 Å². The van der Waals surface area contributed by atoms with Gasteiger partial charge >= 0.3 is 0 Å². The predicted molar refractivity (Wildman–Crippen MR) is 58.2 cm³/mol. The number of ether oxygens (including phenoxy) is 1. The molecule has 5 nitrogen and oxygen atoms in total. The minimum Gasteiger partial charge on any atom is -0.373 e. The van der Waals surface area contributed by atoms with Crippen LogP contribution in [0.3, 0.4) is 0 Å². The molecular weight excluding hydrogens is 206 g/mol. The molecule has 86 valence electrons. The number of nitrogens with zero attached hydrogens (tertiary/aromatic N) is 1. The van der Waals surface area contributed by atoms with Crippen LogP contribution in [0.1, 0.15) is 10.5 Å². The van der Waals surface area contributed by atoms with Gasteiger partial charge in [-0.3, -0.25) is 4.79 Å². The van der Waals surface area contributed by atoms with Crippen molar-refractivity contribution in [2.75, 3.05) is 26.2 Å². The van der Waals surface area contributed by atoms with E-state index in [1.165, 1.54) is 0 Å². The molecule has 1 aromatic heterocycles. The number of hydrogen-bond donors (Lipinski definition) is 2. The number of carbonyl (C=O) groups is 1. The monoisotopic (exact) mass is 221 g/mol. The maximum atomic E-state index is 12.2. The Labute approximate surface area is 93.8 Å². The lowest BCUT2D eigenvalue weighted by Crippen LogP contribution is -2.53. The molecule has 5 heteroatoms. The first kappa shape index (κ1) is 9.86. The van der Waals surface area contributed by atoms with Crippen molar-refractivity contribution in [2.24, 2.45) is 0 Å². The summed E-state index contributed by atoms with van der Waals surface area (Å²) in [5.74, 6) is 0.0759. The first-order valence-electron chi connectivity index (χ1n) is 5.63. The van der Waals surface area contributed by atoms with Crippen molar-refractivity contribution in [2.45, 2.75) is 12.1 Å². The summed E-state index contributed by atoms with van der Waals surface area (Å²) in [6.07, 6.45) is 1.94. The molecule has 2 atom stereocenters. The van der Waals surface area contributed by atoms with Gasteiger partial charge in [-0.15, -0.1) is 0 Å². The Bertz CT molecular complexity index is 377. The number of amides is 1. The van der Waals surface area contributed by atoms with Crippen LogP contribution in [-0.4, -0.2) is 54.2 Å². The number of rotatable bonds is 1. The zero-order valence-corrected chi connectivity index (χ0v) is 8.98. The highest BCUT2D eigenvalue weighted by Gasteiger charge is 2.38. The number of aromatic nitrogens is 1. The molecule has 16 heavy (non-hydrogen) atoms. The van der Waals surface area contributed by atoms with Crippen LogP contribution in [-0.2, 0) is 4.74 Å². The van der Waals surface area contributed by atoms with Gasteiger partial charge in [0.1, 0.15) is 5.69 Å². The third-order valence-corrected chi connectivity index (χ3v) is 3.28. The van der Waals surface area contributed by atoms with Crippen molar-refractivity contribution in [3.8, 4) is 0 Å². The Hall–Kier alpha value is -1.33. The van der Waals surface area contributed by atoms with Gasteiger partial charge in [-0.25, -0.2) is 0 Å². The molecule has 1 aromatic rings. The van der Waals surface area contributed by atoms with Crippen molar-refractivity contribution < 1.29 is 9.53 Å². The van der Waals surface area contributed by atoms with Crippen LogP contribution in [0.4, 0.5) is 0 Å². The third kappa shape index (κ3) is 1.52. The Morgan fingerprint density at radius 2 is 2.44 bits per heavy atom. The maximum absolute atomic E-state index is 12.2. The van der Waals surface area contributed by atoms with Gasteiger partial charge in [-0.1, -0.05) is 0 Å². The Morgan fingerprint density at radius 1 is 1.50 bits per heavy atom. The molecule has 2 N–H and O–H groups in total. The Morgan fingerprint density at radius 3 is 3.25 bits per heavy atom. The van der Waals surface area contributed by atoms with Crippen LogP contribution >= 0.6 is 0 Å². The van der Waals surface area contributed by atoms with Gasteiger partial charge in [0.05, 0.1) is 18.8 Å². The lowest BCUT2D eigenvalue weighted by atomic mass is 10.1. The van der Waals surface area contributed by atoms with E-state index in [2.05, 4.69) is 10.3 Å². The van der Waals surface area contributed by atoms with E-state index in [9.17, 15) is 4.79 Å². The molecule has 3 rings (SSSR count). The zero-order chi connectivity index (χ0) is 11.0. The molecule has 0 bridgehead atoms. The fraction of sp³-hybridized carbons (Fsp3) is 0.545. The molecule has 2 aliphatic heterocycles. The van der Waals surface area contributed by atoms with Crippen molar-refractivity contribution in [3.63, 3.8) is 0 Å². The minimum atomic E-state index is 0.0759. The normalized spacial score (nSPS) is 29.1. The van der Waals surface area contributed by atoms with Crippen molar-refractivity contribution >= 4 is 5.91 Å². The summed E-state index contributed by atoms with van der Waals surface area (Å²) in [5.41, 5.74) is 0.660. The molecule has 2 aliphatic rings. The highest BCUT2D eigenvalue weighted by Crippen LogP contribution is 2.19. The van der Waals surface area contributed by atoms with Crippen LogP contribution in [0, 0.1) is 0 Å². The molecule has 2 saturated heterocycles. The number of hydrogen-bond acceptors (Lipinski definition) is 3. The van der Waals surface area contributed by atoms with Gasteiger partial charge < -0.3 is 19.9 Å². The number of morpholine rings is 1. The van der Waals surface area contributed by atoms with E-state index in [1.807, 2.05) is 17.0 Å². The Kier molecular flexibility index (Phi) is 2.41. The molecule has 3 heterocycles. The quantitative estimate of drug-likeness (QED) is 0.692. The molecule has 1 amide bonds. The van der Waals surface area contributed by atoms with E-state index in [0.29, 0.717) is 18.8 Å². The molecule has 0 radical (unpaired) electrons. The average Bonchev–Trinajstić information content (AvgIpc) is 2.98. The fourth-order valence-electron chi connectivity index (χ4n) is 2.46. The maximum Gasteiger partial charge on any atom is 0.270 e. The van der Waals surface area contributed by atoms with Gasteiger partial charge in [-0.05, 0) is 12.1 Å². The molecule has 2 fully saturated rings. The number of nitrogens with one attached hydrogen (secondary N) is 2. The average molecular weight is 221 g/mol. The SMILES string of the molecule is O=C(c1ccc[nH]1)N1CCO[C@@H]2CNC[C@@H]21. The van der Waals surface area contributed by atoms with Crippen LogP contribution in [0.15, 0.2) is 18.3 Å². The van der Waals surface area contributed by atoms with Crippen molar-refractivity contribution in [1.82, 2.24) is 15.2 Å². The summed E-state index contributed by atoms with van der Waals surface area (Å²) in [4.78, 5) is 17.1. The predicted octanol–water partition coefficient (Wildman–Crippen LogP) is -0.173.